The van der Waals surface area contributed by atoms with Crippen molar-refractivity contribution in [3.05, 3.63) is 82.7 Å². The van der Waals surface area contributed by atoms with Crippen LogP contribution in [-0.2, 0) is 28.7 Å². The van der Waals surface area contributed by atoms with E-state index in [-0.39, 0.29) is 12.4 Å². The highest BCUT2D eigenvalue weighted by Crippen LogP contribution is 2.31. The summed E-state index contributed by atoms with van der Waals surface area (Å²) in [5.41, 5.74) is 0.895. The Bertz CT molecular complexity index is 1430. The van der Waals surface area contributed by atoms with Crippen molar-refractivity contribution in [2.24, 2.45) is 0 Å². The lowest BCUT2D eigenvalue weighted by Crippen LogP contribution is -2.47. The zero-order valence-electron chi connectivity index (χ0n) is 21.5. The van der Waals surface area contributed by atoms with Crippen LogP contribution in [0.25, 0.3) is 0 Å². The maximum Gasteiger partial charge on any atom is 0.420 e. The van der Waals surface area contributed by atoms with Gasteiger partial charge in [-0.3, -0.25) is 9.69 Å². The lowest BCUT2D eigenvalue weighted by Gasteiger charge is -2.33. The van der Waals surface area contributed by atoms with Crippen molar-refractivity contribution in [2.75, 3.05) is 38.6 Å². The normalized spacial score (nSPS) is 13.8. The van der Waals surface area contributed by atoms with Crippen molar-refractivity contribution < 1.29 is 32.6 Å². The van der Waals surface area contributed by atoms with E-state index in [1.165, 1.54) is 12.0 Å². The van der Waals surface area contributed by atoms with Crippen molar-refractivity contribution in [2.45, 2.75) is 19.1 Å². The minimum absolute atomic E-state index is 0.0577. The molecule has 2 heterocycles. The molecule has 1 aromatic heterocycles. The second-order valence-corrected chi connectivity index (χ2v) is 8.98. The number of aromatic nitrogens is 2. The minimum Gasteiger partial charge on any atom is -0.469 e. The summed E-state index contributed by atoms with van der Waals surface area (Å²) >= 11 is 0. The number of halogens is 3. The zero-order valence-corrected chi connectivity index (χ0v) is 21.5. The van der Waals surface area contributed by atoms with Crippen molar-refractivity contribution in [1.29, 1.82) is 0 Å². The Morgan fingerprint density at radius 1 is 1.05 bits per heavy atom. The van der Waals surface area contributed by atoms with Gasteiger partial charge in [0.15, 0.2) is 0 Å². The van der Waals surface area contributed by atoms with E-state index in [2.05, 4.69) is 36.8 Å². The number of carbonyl (C=O) groups excluding carboxylic acids is 1. The number of piperazine rings is 1. The monoisotopic (exact) mass is 553 g/mol. The van der Waals surface area contributed by atoms with Gasteiger partial charge < -0.3 is 20.1 Å². The van der Waals surface area contributed by atoms with Gasteiger partial charge in [-0.2, -0.15) is 13.2 Å². The summed E-state index contributed by atoms with van der Waals surface area (Å²) in [7, 11) is 1.25. The van der Waals surface area contributed by atoms with E-state index >= 15 is 0 Å². The van der Waals surface area contributed by atoms with Crippen LogP contribution in [0.1, 0.15) is 27.9 Å². The van der Waals surface area contributed by atoms with Crippen molar-refractivity contribution in [1.82, 2.24) is 19.8 Å². The molecule has 1 amide bonds. The highest BCUT2D eigenvalue weighted by Gasteiger charge is 2.34. The number of rotatable bonds is 6. The van der Waals surface area contributed by atoms with Crippen molar-refractivity contribution in [3.63, 3.8) is 0 Å². The molecule has 40 heavy (non-hydrogen) atoms. The number of hydrogen-bond donors (Lipinski definition) is 2. The van der Waals surface area contributed by atoms with Gasteiger partial charge in [-0.1, -0.05) is 36.3 Å². The molecular weight excluding hydrogens is 527 g/mol. The van der Waals surface area contributed by atoms with E-state index in [0.29, 0.717) is 55.7 Å². The summed E-state index contributed by atoms with van der Waals surface area (Å²) in [6, 6.07) is 13.9. The molecule has 0 saturated carbocycles. The van der Waals surface area contributed by atoms with Crippen LogP contribution in [0.3, 0.4) is 0 Å². The Morgan fingerprint density at radius 2 is 1.75 bits per heavy atom. The van der Waals surface area contributed by atoms with Gasteiger partial charge in [0, 0.05) is 50.2 Å². The van der Waals surface area contributed by atoms with Crippen LogP contribution in [-0.4, -0.2) is 70.2 Å². The molecular formula is C28H26F3N5O4. The molecule has 4 rings (SSSR count). The molecule has 1 fully saturated rings. The molecule has 9 nitrogen and oxygen atoms in total. The Balaban J connectivity index is 1.50. The second-order valence-electron chi connectivity index (χ2n) is 8.98. The Hall–Kier alpha value is -4.63. The highest BCUT2D eigenvalue weighted by molar-refractivity contribution is 5.73. The number of carboxylic acid groups (broad SMARTS) is 1. The number of benzene rings is 2. The molecule has 12 heteroatoms. The predicted octanol–water partition coefficient (Wildman–Crippen LogP) is 4.15. The van der Waals surface area contributed by atoms with E-state index in [4.69, 9.17) is 5.11 Å². The number of methoxy groups -OCH3 is 1. The van der Waals surface area contributed by atoms with Gasteiger partial charge in [0.05, 0.1) is 13.5 Å². The molecule has 0 bridgehead atoms. The summed E-state index contributed by atoms with van der Waals surface area (Å²) in [4.78, 5) is 34.1. The standard InChI is InChI=1S/C28H26F3N5O4/c1-40-25(37)16-21-5-3-2-4-20(21)8-11-24-23(28(29,30)31)17-32-26(34-24)33-22-9-6-19(7-10-22)18-35-12-14-36(15-13-35)27(38)39/h2-7,9-10,17H,12-16,18H2,1H3,(H,38,39)(H,32,33,34). The zero-order chi connectivity index (χ0) is 28.7. The van der Waals surface area contributed by atoms with E-state index in [9.17, 15) is 22.8 Å². The van der Waals surface area contributed by atoms with Gasteiger partial charge in [0.2, 0.25) is 5.95 Å². The van der Waals surface area contributed by atoms with Crippen LogP contribution >= 0.6 is 0 Å². The van der Waals surface area contributed by atoms with Gasteiger partial charge in [-0.05, 0) is 35.2 Å². The summed E-state index contributed by atoms with van der Waals surface area (Å²) in [5, 5.41) is 12.0. The molecule has 0 radical (unpaired) electrons. The van der Waals surface area contributed by atoms with Crippen LogP contribution < -0.4 is 5.32 Å². The maximum atomic E-state index is 13.7. The van der Waals surface area contributed by atoms with Crippen molar-refractivity contribution in [3.8, 4) is 11.8 Å². The van der Waals surface area contributed by atoms with Crippen molar-refractivity contribution >= 4 is 23.7 Å². The lowest BCUT2D eigenvalue weighted by atomic mass is 10.0. The van der Waals surface area contributed by atoms with E-state index in [0.717, 1.165) is 5.56 Å². The third kappa shape index (κ3) is 7.48. The van der Waals surface area contributed by atoms with E-state index in [1.54, 1.807) is 36.4 Å². The quantitative estimate of drug-likeness (QED) is 0.346. The molecule has 0 atom stereocenters. The molecule has 0 aliphatic carbocycles. The second kappa shape index (κ2) is 12.5. The number of carbonyl (C=O) groups is 2. The first-order chi connectivity index (χ1) is 19.1. The Kier molecular flexibility index (Phi) is 8.86. The Morgan fingerprint density at radius 3 is 2.40 bits per heavy atom. The first-order valence-corrected chi connectivity index (χ1v) is 12.3. The molecule has 2 aromatic carbocycles. The average Bonchev–Trinajstić information content (AvgIpc) is 2.93. The van der Waals surface area contributed by atoms with E-state index < -0.39 is 29.5 Å². The summed E-state index contributed by atoms with van der Waals surface area (Å²) in [6.45, 7) is 2.79. The van der Waals surface area contributed by atoms with Gasteiger partial charge in [0.1, 0.15) is 11.3 Å². The maximum absolute atomic E-state index is 13.7. The number of hydrogen-bond acceptors (Lipinski definition) is 7. The smallest absolute Gasteiger partial charge is 0.420 e. The van der Waals surface area contributed by atoms with Crippen LogP contribution in [0.15, 0.2) is 54.7 Å². The summed E-state index contributed by atoms with van der Waals surface area (Å²) in [6.07, 6.45) is -5.02. The summed E-state index contributed by atoms with van der Waals surface area (Å²) < 4.78 is 45.7. The van der Waals surface area contributed by atoms with Crippen LogP contribution in [0, 0.1) is 11.8 Å². The molecule has 0 spiro atoms. The molecule has 3 aromatic rings. The van der Waals surface area contributed by atoms with Crippen LogP contribution in [0.5, 0.6) is 0 Å². The third-order valence-corrected chi connectivity index (χ3v) is 6.25. The predicted molar refractivity (Wildman–Crippen MR) is 140 cm³/mol. The first kappa shape index (κ1) is 28.4. The number of nitrogens with zero attached hydrogens (tertiary/aromatic N) is 4. The molecule has 208 valence electrons. The highest BCUT2D eigenvalue weighted by atomic mass is 19.4. The fourth-order valence-corrected chi connectivity index (χ4v) is 4.07. The largest absolute Gasteiger partial charge is 0.469 e. The topological polar surface area (TPSA) is 108 Å². The van der Waals surface area contributed by atoms with E-state index in [1.807, 2.05) is 12.1 Å². The fraction of sp³-hybridized carbons (Fsp3) is 0.286. The average molecular weight is 554 g/mol. The Labute approximate surface area is 228 Å². The summed E-state index contributed by atoms with van der Waals surface area (Å²) in [5.74, 6) is 4.65. The third-order valence-electron chi connectivity index (χ3n) is 6.25. The lowest BCUT2D eigenvalue weighted by molar-refractivity contribution is -0.140. The van der Waals surface area contributed by atoms with Gasteiger partial charge in [-0.25, -0.2) is 14.8 Å². The fourth-order valence-electron chi connectivity index (χ4n) is 4.07. The molecule has 1 aliphatic heterocycles. The number of ether oxygens (including phenoxy) is 1. The molecule has 1 aliphatic rings. The van der Waals surface area contributed by atoms with Gasteiger partial charge in [-0.15, -0.1) is 0 Å². The van der Waals surface area contributed by atoms with Gasteiger partial charge >= 0.3 is 18.2 Å². The molecule has 1 saturated heterocycles. The number of amides is 1. The van der Waals surface area contributed by atoms with Gasteiger partial charge in [0.25, 0.3) is 0 Å². The number of anilines is 2. The number of nitrogens with one attached hydrogen (secondary N) is 1. The molecule has 2 N–H and O–H groups in total. The number of alkyl halides is 3. The molecule has 0 unspecified atom stereocenters. The number of esters is 1. The van der Waals surface area contributed by atoms with Crippen LogP contribution in [0.2, 0.25) is 0 Å². The first-order valence-electron chi connectivity index (χ1n) is 12.3. The minimum atomic E-state index is -4.72. The van der Waals surface area contributed by atoms with Crippen LogP contribution in [0.4, 0.5) is 29.6 Å². The SMILES string of the molecule is COC(=O)Cc1ccccc1C#Cc1nc(Nc2ccc(CN3CCN(C(=O)O)CC3)cc2)ncc1C(F)(F)F.